The Morgan fingerprint density at radius 3 is 2.00 bits per heavy atom. The standard InChI is InChI=1S/C13H13F3/c1-8-2-4-9(5-3-8)10-6-11(14)13(16)12(15)7-10/h6-7,9H,1-5H2. The van der Waals surface area contributed by atoms with Gasteiger partial charge in [0.1, 0.15) is 0 Å². The van der Waals surface area contributed by atoms with Gasteiger partial charge in [0.15, 0.2) is 17.5 Å². The minimum atomic E-state index is -1.39. The minimum absolute atomic E-state index is 0.120. The van der Waals surface area contributed by atoms with Crippen molar-refractivity contribution in [2.45, 2.75) is 31.6 Å². The predicted molar refractivity (Wildman–Crippen MR) is 56.7 cm³/mol. The smallest absolute Gasteiger partial charge is 0.194 e. The van der Waals surface area contributed by atoms with E-state index in [4.69, 9.17) is 0 Å². The molecule has 86 valence electrons. The summed E-state index contributed by atoms with van der Waals surface area (Å²) < 4.78 is 38.9. The van der Waals surface area contributed by atoms with E-state index >= 15 is 0 Å². The summed E-state index contributed by atoms with van der Waals surface area (Å²) in [6.07, 6.45) is 3.43. The summed E-state index contributed by atoms with van der Waals surface area (Å²) in [6.45, 7) is 3.88. The molecule has 0 amide bonds. The lowest BCUT2D eigenvalue weighted by molar-refractivity contribution is 0.438. The van der Waals surface area contributed by atoms with Crippen LogP contribution in [0.5, 0.6) is 0 Å². The zero-order valence-corrected chi connectivity index (χ0v) is 8.90. The molecule has 16 heavy (non-hydrogen) atoms. The minimum Gasteiger partial charge on any atom is -0.204 e. The van der Waals surface area contributed by atoms with Crippen molar-refractivity contribution in [3.05, 3.63) is 47.3 Å². The van der Waals surface area contributed by atoms with E-state index in [1.165, 1.54) is 5.57 Å². The van der Waals surface area contributed by atoms with Crippen LogP contribution in [-0.2, 0) is 0 Å². The zero-order chi connectivity index (χ0) is 11.7. The molecule has 1 aromatic rings. The van der Waals surface area contributed by atoms with Gasteiger partial charge in [-0.05, 0) is 49.3 Å². The van der Waals surface area contributed by atoms with Gasteiger partial charge in [0.25, 0.3) is 0 Å². The molecule has 0 radical (unpaired) electrons. The lowest BCUT2D eigenvalue weighted by atomic mass is 9.82. The number of halogens is 3. The van der Waals surface area contributed by atoms with Crippen molar-refractivity contribution in [1.82, 2.24) is 0 Å². The molecule has 0 bridgehead atoms. The van der Waals surface area contributed by atoms with Crippen LogP contribution >= 0.6 is 0 Å². The molecule has 2 rings (SSSR count). The number of rotatable bonds is 1. The summed E-state index contributed by atoms with van der Waals surface area (Å²) in [4.78, 5) is 0. The topological polar surface area (TPSA) is 0 Å². The lowest BCUT2D eigenvalue weighted by Gasteiger charge is -2.23. The normalized spacial score (nSPS) is 17.8. The number of allylic oxidation sites excluding steroid dienone is 1. The Morgan fingerprint density at radius 2 is 1.50 bits per heavy atom. The molecule has 1 saturated carbocycles. The maximum Gasteiger partial charge on any atom is 0.194 e. The van der Waals surface area contributed by atoms with Crippen LogP contribution in [0.15, 0.2) is 24.3 Å². The quantitative estimate of drug-likeness (QED) is 0.494. The molecule has 0 aromatic heterocycles. The first-order valence-corrected chi connectivity index (χ1v) is 5.39. The van der Waals surface area contributed by atoms with E-state index in [1.807, 2.05) is 0 Å². The third-order valence-corrected chi connectivity index (χ3v) is 3.17. The first-order chi connectivity index (χ1) is 7.58. The summed E-state index contributed by atoms with van der Waals surface area (Å²) in [5.74, 6) is -3.46. The number of hydrogen-bond acceptors (Lipinski definition) is 0. The van der Waals surface area contributed by atoms with Crippen LogP contribution in [-0.4, -0.2) is 0 Å². The van der Waals surface area contributed by atoms with E-state index in [0.717, 1.165) is 37.8 Å². The van der Waals surface area contributed by atoms with Gasteiger partial charge in [0.2, 0.25) is 0 Å². The number of benzene rings is 1. The van der Waals surface area contributed by atoms with Gasteiger partial charge < -0.3 is 0 Å². The van der Waals surface area contributed by atoms with Gasteiger partial charge in [-0.2, -0.15) is 0 Å². The van der Waals surface area contributed by atoms with Crippen LogP contribution in [0.1, 0.15) is 37.2 Å². The van der Waals surface area contributed by atoms with Gasteiger partial charge in [-0.15, -0.1) is 0 Å². The highest BCUT2D eigenvalue weighted by Crippen LogP contribution is 2.35. The Bertz CT molecular complexity index is 390. The molecular weight excluding hydrogens is 213 g/mol. The molecule has 0 N–H and O–H groups in total. The first kappa shape index (κ1) is 11.2. The van der Waals surface area contributed by atoms with Crippen molar-refractivity contribution in [3.63, 3.8) is 0 Å². The van der Waals surface area contributed by atoms with Gasteiger partial charge in [-0.3, -0.25) is 0 Å². The van der Waals surface area contributed by atoms with Gasteiger partial charge in [0, 0.05) is 0 Å². The fourth-order valence-electron chi connectivity index (χ4n) is 2.17. The molecule has 1 aromatic carbocycles. The van der Waals surface area contributed by atoms with E-state index in [1.54, 1.807) is 0 Å². The molecule has 0 nitrogen and oxygen atoms in total. The lowest BCUT2D eigenvalue weighted by Crippen LogP contribution is -2.07. The van der Waals surface area contributed by atoms with E-state index in [9.17, 15) is 13.2 Å². The largest absolute Gasteiger partial charge is 0.204 e. The average molecular weight is 226 g/mol. The monoisotopic (exact) mass is 226 g/mol. The van der Waals surface area contributed by atoms with Crippen LogP contribution in [0.25, 0.3) is 0 Å². The predicted octanol–water partition coefficient (Wildman–Crippen LogP) is 4.32. The highest BCUT2D eigenvalue weighted by Gasteiger charge is 2.20. The third kappa shape index (κ3) is 2.13. The van der Waals surface area contributed by atoms with Crippen molar-refractivity contribution in [2.75, 3.05) is 0 Å². The van der Waals surface area contributed by atoms with Crippen LogP contribution in [0.2, 0.25) is 0 Å². The van der Waals surface area contributed by atoms with Gasteiger partial charge in [-0.25, -0.2) is 13.2 Å². The van der Waals surface area contributed by atoms with E-state index in [2.05, 4.69) is 6.58 Å². The highest BCUT2D eigenvalue weighted by molar-refractivity contribution is 5.24. The van der Waals surface area contributed by atoms with Gasteiger partial charge in [-0.1, -0.05) is 12.2 Å². The molecule has 0 atom stereocenters. The van der Waals surface area contributed by atoms with Crippen molar-refractivity contribution in [2.24, 2.45) is 0 Å². The van der Waals surface area contributed by atoms with Crippen molar-refractivity contribution in [3.8, 4) is 0 Å². The molecule has 0 unspecified atom stereocenters. The molecule has 1 aliphatic rings. The zero-order valence-electron chi connectivity index (χ0n) is 8.90. The second kappa shape index (κ2) is 4.32. The third-order valence-electron chi connectivity index (χ3n) is 3.17. The maximum atomic E-state index is 13.0. The Labute approximate surface area is 92.8 Å². The summed E-state index contributed by atoms with van der Waals surface area (Å²) in [5.41, 5.74) is 1.74. The second-order valence-corrected chi connectivity index (χ2v) is 4.32. The number of hydrogen-bond donors (Lipinski definition) is 0. The van der Waals surface area contributed by atoms with Crippen LogP contribution in [0.4, 0.5) is 13.2 Å². The van der Waals surface area contributed by atoms with E-state index in [-0.39, 0.29) is 5.92 Å². The first-order valence-electron chi connectivity index (χ1n) is 5.39. The fraction of sp³-hybridized carbons (Fsp3) is 0.385. The van der Waals surface area contributed by atoms with Gasteiger partial charge >= 0.3 is 0 Å². The Hall–Kier alpha value is -1.25. The van der Waals surface area contributed by atoms with Crippen molar-refractivity contribution >= 4 is 0 Å². The molecule has 1 aliphatic carbocycles. The Kier molecular flexibility index (Phi) is 3.03. The average Bonchev–Trinajstić information content (AvgIpc) is 2.26. The van der Waals surface area contributed by atoms with Crippen molar-refractivity contribution in [1.29, 1.82) is 0 Å². The highest BCUT2D eigenvalue weighted by atomic mass is 19.2. The molecular formula is C13H13F3. The second-order valence-electron chi connectivity index (χ2n) is 4.32. The fourth-order valence-corrected chi connectivity index (χ4v) is 2.17. The summed E-state index contributed by atoms with van der Waals surface area (Å²) >= 11 is 0. The summed E-state index contributed by atoms with van der Waals surface area (Å²) in [5, 5.41) is 0. The van der Waals surface area contributed by atoms with E-state index < -0.39 is 17.5 Å². The molecule has 0 aliphatic heterocycles. The Balaban J connectivity index is 2.24. The SMILES string of the molecule is C=C1CCC(c2cc(F)c(F)c(F)c2)CC1. The molecule has 0 saturated heterocycles. The van der Waals surface area contributed by atoms with Crippen LogP contribution in [0, 0.1) is 17.5 Å². The molecule has 1 fully saturated rings. The van der Waals surface area contributed by atoms with Crippen molar-refractivity contribution < 1.29 is 13.2 Å². The maximum absolute atomic E-state index is 13.0. The van der Waals surface area contributed by atoms with Crippen LogP contribution in [0.3, 0.4) is 0 Å². The Morgan fingerprint density at radius 1 is 1.00 bits per heavy atom. The van der Waals surface area contributed by atoms with Crippen LogP contribution < -0.4 is 0 Å². The molecule has 3 heteroatoms. The summed E-state index contributed by atoms with van der Waals surface area (Å²) in [6, 6.07) is 2.22. The van der Waals surface area contributed by atoms with Gasteiger partial charge in [0.05, 0.1) is 0 Å². The summed E-state index contributed by atoms with van der Waals surface area (Å²) in [7, 11) is 0. The van der Waals surface area contributed by atoms with E-state index in [0.29, 0.717) is 5.56 Å². The molecule has 0 heterocycles. The molecule has 0 spiro atoms.